The molecule has 1 unspecified atom stereocenters. The molecule has 0 aliphatic heterocycles. The van der Waals surface area contributed by atoms with Gasteiger partial charge in [-0.15, -0.1) is 0 Å². The molecular formula is C23H35NiOP. The third kappa shape index (κ3) is 4.62. The molecule has 0 N–H and O–H groups in total. The summed E-state index contributed by atoms with van der Waals surface area (Å²) >= 11 is 0. The molecule has 3 heteroatoms. The van der Waals surface area contributed by atoms with E-state index in [0.717, 1.165) is 29.7 Å². The predicted molar refractivity (Wildman–Crippen MR) is 111 cm³/mol. The summed E-state index contributed by atoms with van der Waals surface area (Å²) in [6, 6.07) is 8.44. The van der Waals surface area contributed by atoms with Crippen molar-refractivity contribution in [3.63, 3.8) is 0 Å². The van der Waals surface area contributed by atoms with E-state index in [-0.39, 0.29) is 23.9 Å². The number of ketones is 1. The fraction of sp³-hybridized carbons (Fsp3) is 0.652. The maximum Gasteiger partial charge on any atom is 0.203 e. The van der Waals surface area contributed by atoms with Crippen molar-refractivity contribution in [2.24, 2.45) is 0 Å². The summed E-state index contributed by atoms with van der Waals surface area (Å²) in [5.74, 6) is 0.530. The van der Waals surface area contributed by atoms with Gasteiger partial charge < -0.3 is 7.43 Å². The van der Waals surface area contributed by atoms with Gasteiger partial charge in [0.25, 0.3) is 0 Å². The van der Waals surface area contributed by atoms with E-state index < -0.39 is 7.92 Å². The van der Waals surface area contributed by atoms with Crippen molar-refractivity contribution in [3.05, 3.63) is 42.8 Å². The average molecular weight is 417 g/mol. The summed E-state index contributed by atoms with van der Waals surface area (Å²) in [6.07, 6.45) is 16.5. The number of hydrogen-bond donors (Lipinski definition) is 0. The van der Waals surface area contributed by atoms with Crippen LogP contribution in [0, 0.1) is 7.43 Å². The van der Waals surface area contributed by atoms with E-state index in [4.69, 9.17) is 0 Å². The number of aryl methyl sites for hydroxylation is 1. The van der Waals surface area contributed by atoms with Crippen LogP contribution in [0.25, 0.3) is 0 Å². The van der Waals surface area contributed by atoms with Crippen LogP contribution in [-0.2, 0) is 22.9 Å². The fourth-order valence-corrected chi connectivity index (χ4v) is 10.6. The Kier molecular flexibility index (Phi) is 8.83. The number of benzene rings is 1. The minimum Gasteiger partial charge on any atom is -0.358 e. The molecule has 0 bridgehead atoms. The molecule has 1 nitrogen and oxygen atoms in total. The van der Waals surface area contributed by atoms with Gasteiger partial charge in [0.05, 0.1) is 11.3 Å². The first-order chi connectivity index (χ1) is 11.8. The molecule has 2 fully saturated rings. The van der Waals surface area contributed by atoms with E-state index in [9.17, 15) is 4.79 Å². The smallest absolute Gasteiger partial charge is 0.203 e. The molecule has 0 radical (unpaired) electrons. The third-order valence-electron chi connectivity index (χ3n) is 6.86. The second-order valence-corrected chi connectivity index (χ2v) is 11.6. The van der Waals surface area contributed by atoms with Crippen molar-refractivity contribution in [1.82, 2.24) is 0 Å². The van der Waals surface area contributed by atoms with Crippen LogP contribution in [0.1, 0.15) is 86.6 Å². The molecule has 0 amide bonds. The molecule has 3 aliphatic carbocycles. The Morgan fingerprint density at radius 1 is 0.769 bits per heavy atom. The Balaban J connectivity index is 0.00000121. The largest absolute Gasteiger partial charge is 0.358 e. The zero-order chi connectivity index (χ0) is 16.4. The van der Waals surface area contributed by atoms with Crippen molar-refractivity contribution < 1.29 is 21.3 Å². The van der Waals surface area contributed by atoms with Crippen molar-refractivity contribution in [2.75, 3.05) is 0 Å². The van der Waals surface area contributed by atoms with Gasteiger partial charge in [-0.25, -0.2) is 0 Å². The van der Waals surface area contributed by atoms with Gasteiger partial charge >= 0.3 is 0 Å². The molecule has 0 aromatic heterocycles. The van der Waals surface area contributed by atoms with Gasteiger partial charge in [0, 0.05) is 30.0 Å². The minimum absolute atomic E-state index is 0. The number of rotatable bonds is 3. The number of Topliss-reactive ketones (excluding diaryl/α,β-unsaturated/α-hetero) is 1. The van der Waals surface area contributed by atoms with Crippen molar-refractivity contribution in [1.29, 1.82) is 0 Å². The zero-order valence-corrected chi connectivity index (χ0v) is 18.2. The van der Waals surface area contributed by atoms with E-state index >= 15 is 0 Å². The predicted octanol–water partition coefficient (Wildman–Crippen LogP) is 6.51. The molecule has 26 heavy (non-hydrogen) atoms. The molecular weight excluding hydrogens is 382 g/mol. The van der Waals surface area contributed by atoms with Crippen LogP contribution in [0.15, 0.2) is 24.3 Å². The Morgan fingerprint density at radius 3 is 1.88 bits per heavy atom. The SMILES string of the molecule is O=C1c2ccccc2CCC1[PH+](C1CCCCC1)C1CCCCC1.[CH3-].[Ni]. The molecule has 2 saturated carbocycles. The summed E-state index contributed by atoms with van der Waals surface area (Å²) in [5.41, 5.74) is 4.64. The molecule has 0 spiro atoms. The second-order valence-electron chi connectivity index (χ2n) is 8.28. The van der Waals surface area contributed by atoms with Crippen LogP contribution in [-0.4, -0.2) is 22.8 Å². The average Bonchev–Trinajstić information content (AvgIpc) is 2.66. The molecule has 3 aliphatic rings. The number of carbonyl (C=O) groups excluding carboxylic acids is 1. The maximum atomic E-state index is 13.4. The van der Waals surface area contributed by atoms with Gasteiger partial charge in [0.2, 0.25) is 5.78 Å². The van der Waals surface area contributed by atoms with E-state index in [1.54, 1.807) is 0 Å². The van der Waals surface area contributed by atoms with Crippen LogP contribution < -0.4 is 0 Å². The Hall–Kier alpha value is -0.186. The maximum absolute atomic E-state index is 13.4. The van der Waals surface area contributed by atoms with Crippen LogP contribution in [0.3, 0.4) is 0 Å². The van der Waals surface area contributed by atoms with Gasteiger partial charge in [-0.2, -0.15) is 0 Å². The summed E-state index contributed by atoms with van der Waals surface area (Å²) in [6.45, 7) is 0. The Bertz CT molecular complexity index is 557. The number of carbonyl (C=O) groups is 1. The standard InChI is InChI=1S/C22H31OP.CH3.Ni/c23-22-20-14-8-7-9-17(20)15-16-21(22)24(18-10-3-1-4-11-18)19-12-5-2-6-13-19;;/h7-9,14,18-19,21H,1-6,10-13,15-16H2;1H3;/q;-1;/p+1. The van der Waals surface area contributed by atoms with Gasteiger partial charge in [-0.3, -0.25) is 4.79 Å². The zero-order valence-electron chi connectivity index (χ0n) is 16.3. The first-order valence-corrected chi connectivity index (χ1v) is 12.1. The van der Waals surface area contributed by atoms with Gasteiger partial charge in [-0.05, 0) is 69.8 Å². The Labute approximate surface area is 171 Å². The summed E-state index contributed by atoms with van der Waals surface area (Å²) < 4.78 is 0. The molecule has 1 aromatic rings. The minimum atomic E-state index is -0.586. The van der Waals surface area contributed by atoms with E-state index in [0.29, 0.717) is 11.4 Å². The molecule has 1 atom stereocenters. The van der Waals surface area contributed by atoms with Crippen molar-refractivity contribution in [2.45, 2.75) is 94.0 Å². The van der Waals surface area contributed by atoms with Gasteiger partial charge in [-0.1, -0.05) is 37.1 Å². The van der Waals surface area contributed by atoms with E-state index in [2.05, 4.69) is 24.3 Å². The van der Waals surface area contributed by atoms with E-state index in [1.165, 1.54) is 69.8 Å². The van der Waals surface area contributed by atoms with Gasteiger partial charge in [0.15, 0.2) is 0 Å². The summed E-state index contributed by atoms with van der Waals surface area (Å²) in [7, 11) is -0.586. The summed E-state index contributed by atoms with van der Waals surface area (Å²) in [5, 5.41) is 0. The first-order valence-electron chi connectivity index (χ1n) is 10.3. The molecule has 0 saturated heterocycles. The Morgan fingerprint density at radius 2 is 1.31 bits per heavy atom. The van der Waals surface area contributed by atoms with Gasteiger partial charge in [0.1, 0.15) is 5.66 Å². The number of fused-ring (bicyclic) bond motifs is 1. The summed E-state index contributed by atoms with van der Waals surface area (Å²) in [4.78, 5) is 13.4. The second kappa shape index (κ2) is 10.4. The topological polar surface area (TPSA) is 17.1 Å². The van der Waals surface area contributed by atoms with E-state index in [1.807, 2.05) is 0 Å². The molecule has 1 aromatic carbocycles. The fourth-order valence-electron chi connectivity index (χ4n) is 5.69. The van der Waals surface area contributed by atoms with Crippen LogP contribution >= 0.6 is 7.92 Å². The molecule has 4 rings (SSSR count). The first kappa shape index (κ1) is 22.1. The molecule has 148 valence electrons. The van der Waals surface area contributed by atoms with Crippen molar-refractivity contribution in [3.8, 4) is 0 Å². The quantitative estimate of drug-likeness (QED) is 0.311. The third-order valence-corrected chi connectivity index (χ3v) is 11.3. The monoisotopic (exact) mass is 416 g/mol. The normalized spacial score (nSPS) is 24.5. The molecule has 0 heterocycles. The van der Waals surface area contributed by atoms with Crippen molar-refractivity contribution >= 4 is 13.7 Å². The van der Waals surface area contributed by atoms with Crippen LogP contribution in [0.5, 0.6) is 0 Å². The van der Waals surface area contributed by atoms with Crippen LogP contribution in [0.2, 0.25) is 0 Å². The number of hydrogen-bond acceptors (Lipinski definition) is 1. The van der Waals surface area contributed by atoms with Crippen LogP contribution in [0.4, 0.5) is 0 Å².